The van der Waals surface area contributed by atoms with E-state index in [1.165, 1.54) is 12.1 Å². The Morgan fingerprint density at radius 1 is 1.43 bits per heavy atom. The van der Waals surface area contributed by atoms with Crippen LogP contribution in [0.3, 0.4) is 0 Å². The zero-order valence-corrected chi connectivity index (χ0v) is 8.92. The first kappa shape index (κ1) is 10.9. The Hall–Kier alpha value is -1.15. The summed E-state index contributed by atoms with van der Waals surface area (Å²) in [6.07, 6.45) is 3.55. The first-order valence-corrected chi connectivity index (χ1v) is 4.60. The van der Waals surface area contributed by atoms with Crippen molar-refractivity contribution in [1.29, 1.82) is 0 Å². The van der Waals surface area contributed by atoms with Crippen LogP contribution in [0.1, 0.15) is 5.56 Å². The molecule has 0 aromatic heterocycles. The summed E-state index contributed by atoms with van der Waals surface area (Å²) in [5.74, 6) is -0.279. The van der Waals surface area contributed by atoms with E-state index in [1.54, 1.807) is 18.2 Å². The van der Waals surface area contributed by atoms with Gasteiger partial charge in [-0.2, -0.15) is 0 Å². The average Bonchev–Trinajstić information content (AvgIpc) is 2.14. The molecule has 14 heavy (non-hydrogen) atoms. The van der Waals surface area contributed by atoms with Crippen LogP contribution >= 0.6 is 11.6 Å². The van der Waals surface area contributed by atoms with Crippen molar-refractivity contribution in [2.45, 2.75) is 0 Å². The molecular formula is C11H12ClFN+. The Kier molecular flexibility index (Phi) is 3.84. The van der Waals surface area contributed by atoms with Crippen molar-refractivity contribution in [2.75, 3.05) is 14.1 Å². The number of rotatable bonds is 2. The molecule has 3 heteroatoms. The Labute approximate surface area is 88.1 Å². The fourth-order valence-corrected chi connectivity index (χ4v) is 1.12. The van der Waals surface area contributed by atoms with Crippen LogP contribution in [0.25, 0.3) is 5.03 Å². The van der Waals surface area contributed by atoms with Gasteiger partial charge in [-0.3, -0.25) is 0 Å². The van der Waals surface area contributed by atoms with Gasteiger partial charge in [-0.05, 0) is 17.7 Å². The highest BCUT2D eigenvalue weighted by atomic mass is 35.5. The maximum absolute atomic E-state index is 12.8. The highest BCUT2D eigenvalue weighted by Crippen LogP contribution is 2.18. The van der Waals surface area contributed by atoms with Crippen LogP contribution in [0.4, 0.5) is 4.39 Å². The third-order valence-corrected chi connectivity index (χ3v) is 1.96. The minimum absolute atomic E-state index is 0.279. The first-order valence-electron chi connectivity index (χ1n) is 4.22. The Morgan fingerprint density at radius 3 is 2.71 bits per heavy atom. The number of hydrogen-bond donors (Lipinski definition) is 0. The molecule has 0 fully saturated rings. The van der Waals surface area contributed by atoms with E-state index in [4.69, 9.17) is 11.6 Å². The van der Waals surface area contributed by atoms with Gasteiger partial charge in [0.05, 0.1) is 5.03 Å². The van der Waals surface area contributed by atoms with E-state index in [2.05, 4.69) is 0 Å². The van der Waals surface area contributed by atoms with Gasteiger partial charge >= 0.3 is 0 Å². The van der Waals surface area contributed by atoms with Gasteiger partial charge in [0.1, 0.15) is 19.9 Å². The molecule has 1 aromatic rings. The molecule has 1 nitrogen and oxygen atoms in total. The van der Waals surface area contributed by atoms with Crippen molar-refractivity contribution < 1.29 is 8.97 Å². The van der Waals surface area contributed by atoms with Crippen molar-refractivity contribution in [3.63, 3.8) is 0 Å². The maximum atomic E-state index is 12.8. The van der Waals surface area contributed by atoms with Crippen LogP contribution in [-0.2, 0) is 0 Å². The fraction of sp³-hybridized carbons (Fsp3) is 0.182. The molecule has 0 atom stereocenters. The van der Waals surface area contributed by atoms with Crippen LogP contribution in [0.2, 0.25) is 0 Å². The minimum atomic E-state index is -0.279. The van der Waals surface area contributed by atoms with Crippen molar-refractivity contribution in [1.82, 2.24) is 0 Å². The summed E-state index contributed by atoms with van der Waals surface area (Å²) < 4.78 is 14.7. The molecular weight excluding hydrogens is 201 g/mol. The van der Waals surface area contributed by atoms with Gasteiger partial charge in [0.15, 0.2) is 6.21 Å². The maximum Gasteiger partial charge on any atom is 0.164 e. The quantitative estimate of drug-likeness (QED) is 0.524. The zero-order valence-electron chi connectivity index (χ0n) is 8.17. The second-order valence-electron chi connectivity index (χ2n) is 3.14. The van der Waals surface area contributed by atoms with Gasteiger partial charge in [0, 0.05) is 6.08 Å². The largest absolute Gasteiger partial charge is 0.241 e. The molecule has 0 aliphatic rings. The average molecular weight is 213 g/mol. The molecule has 1 aromatic carbocycles. The third kappa shape index (κ3) is 3.30. The predicted molar refractivity (Wildman–Crippen MR) is 58.4 cm³/mol. The summed E-state index contributed by atoms with van der Waals surface area (Å²) in [6, 6.07) is 6.20. The fourth-order valence-electron chi connectivity index (χ4n) is 0.948. The minimum Gasteiger partial charge on any atom is -0.241 e. The lowest BCUT2D eigenvalue weighted by Gasteiger charge is -1.96. The molecule has 74 valence electrons. The van der Waals surface area contributed by atoms with E-state index < -0.39 is 0 Å². The van der Waals surface area contributed by atoms with Crippen molar-refractivity contribution in [3.8, 4) is 0 Å². The molecule has 0 heterocycles. The molecule has 0 radical (unpaired) electrons. The van der Waals surface area contributed by atoms with E-state index in [0.717, 1.165) is 0 Å². The van der Waals surface area contributed by atoms with Crippen LogP contribution < -0.4 is 0 Å². The summed E-state index contributed by atoms with van der Waals surface area (Å²) in [6.45, 7) is 0. The standard InChI is InChI=1S/C11H12ClFN/c1-14(2)7-6-11(12)9-4-3-5-10(13)8-9/h3-8H,1-2H3/q+1/b11-6-. The summed E-state index contributed by atoms with van der Waals surface area (Å²) in [7, 11) is 3.79. The number of benzene rings is 1. The summed E-state index contributed by atoms with van der Waals surface area (Å²) in [4.78, 5) is 0. The van der Waals surface area contributed by atoms with E-state index >= 15 is 0 Å². The SMILES string of the molecule is C[N+](C)=C/C=C(\Cl)c1cccc(F)c1. The molecule has 1 rings (SSSR count). The topological polar surface area (TPSA) is 3.01 Å². The van der Waals surface area contributed by atoms with Gasteiger partial charge in [-0.25, -0.2) is 8.97 Å². The predicted octanol–water partition coefficient (Wildman–Crippen LogP) is 2.75. The molecule has 0 spiro atoms. The second-order valence-corrected chi connectivity index (χ2v) is 3.54. The molecule has 0 unspecified atom stereocenters. The van der Waals surface area contributed by atoms with Gasteiger partial charge < -0.3 is 0 Å². The lowest BCUT2D eigenvalue weighted by Crippen LogP contribution is -1.95. The molecule has 0 saturated heterocycles. The Morgan fingerprint density at radius 2 is 2.14 bits per heavy atom. The summed E-state index contributed by atoms with van der Waals surface area (Å²) in [5, 5.41) is 0.526. The summed E-state index contributed by atoms with van der Waals surface area (Å²) >= 11 is 5.96. The zero-order chi connectivity index (χ0) is 10.6. The monoisotopic (exact) mass is 212 g/mol. The smallest absolute Gasteiger partial charge is 0.164 e. The second kappa shape index (κ2) is 4.91. The van der Waals surface area contributed by atoms with Crippen molar-refractivity contribution >= 4 is 22.8 Å². The summed E-state index contributed by atoms with van der Waals surface area (Å²) in [5.41, 5.74) is 0.685. The highest BCUT2D eigenvalue weighted by molar-refractivity contribution is 6.49. The van der Waals surface area contributed by atoms with Crippen LogP contribution in [0.5, 0.6) is 0 Å². The van der Waals surface area contributed by atoms with E-state index in [-0.39, 0.29) is 5.82 Å². The molecule has 0 aliphatic heterocycles. The molecule has 0 saturated carbocycles. The van der Waals surface area contributed by atoms with Crippen molar-refractivity contribution in [3.05, 3.63) is 41.7 Å². The van der Waals surface area contributed by atoms with Gasteiger partial charge in [0.2, 0.25) is 0 Å². The van der Waals surface area contributed by atoms with Crippen LogP contribution in [-0.4, -0.2) is 24.9 Å². The van der Waals surface area contributed by atoms with Gasteiger partial charge in [-0.15, -0.1) is 0 Å². The van der Waals surface area contributed by atoms with E-state index in [1.807, 2.05) is 24.9 Å². The first-order chi connectivity index (χ1) is 6.59. The molecule has 0 bridgehead atoms. The molecule has 0 N–H and O–H groups in total. The number of allylic oxidation sites excluding steroid dienone is 1. The van der Waals surface area contributed by atoms with E-state index in [0.29, 0.717) is 10.6 Å². The number of hydrogen-bond acceptors (Lipinski definition) is 0. The Bertz CT molecular complexity index is 379. The van der Waals surface area contributed by atoms with E-state index in [9.17, 15) is 4.39 Å². The van der Waals surface area contributed by atoms with Crippen molar-refractivity contribution in [2.24, 2.45) is 0 Å². The highest BCUT2D eigenvalue weighted by Gasteiger charge is 1.98. The van der Waals surface area contributed by atoms with Crippen LogP contribution in [0, 0.1) is 5.82 Å². The normalized spacial score (nSPS) is 11.3. The third-order valence-electron chi connectivity index (χ3n) is 1.62. The van der Waals surface area contributed by atoms with Crippen LogP contribution in [0.15, 0.2) is 30.3 Å². The lowest BCUT2D eigenvalue weighted by molar-refractivity contribution is -0.458. The number of nitrogens with zero attached hydrogens (tertiary/aromatic N) is 1. The molecule has 0 aliphatic carbocycles. The lowest BCUT2D eigenvalue weighted by atomic mass is 10.2. The molecule has 0 amide bonds. The van der Waals surface area contributed by atoms with Gasteiger partial charge in [0.25, 0.3) is 0 Å². The number of halogens is 2. The van der Waals surface area contributed by atoms with Gasteiger partial charge in [-0.1, -0.05) is 23.7 Å². The Balaban J connectivity index is 2.95.